The average molecular weight is 511 g/mol. The smallest absolute Gasteiger partial charge is 0.306 e. The summed E-state index contributed by atoms with van der Waals surface area (Å²) in [5, 5.41) is 18.8. The predicted molar refractivity (Wildman–Crippen MR) is 147 cm³/mol. The largest absolute Gasteiger partial charge is 0.490 e. The van der Waals surface area contributed by atoms with Crippen molar-refractivity contribution in [2.75, 3.05) is 13.1 Å². The monoisotopic (exact) mass is 510 g/mol. The molecule has 0 atom stereocenters. The Labute approximate surface area is 220 Å². The van der Waals surface area contributed by atoms with Crippen molar-refractivity contribution < 1.29 is 24.2 Å². The fourth-order valence-corrected chi connectivity index (χ4v) is 4.95. The molecule has 2 amide bonds. The Morgan fingerprint density at radius 3 is 1.84 bits per heavy atom. The van der Waals surface area contributed by atoms with Gasteiger partial charge in [0.1, 0.15) is 5.75 Å². The molecule has 0 aromatic heterocycles. The minimum atomic E-state index is -0.722. The molecule has 1 aliphatic rings. The lowest BCUT2D eigenvalue weighted by atomic mass is 9.87. The van der Waals surface area contributed by atoms with Gasteiger partial charge < -0.3 is 20.5 Å². The summed E-state index contributed by atoms with van der Waals surface area (Å²) in [6.45, 7) is 0.632. The number of amides is 2. The maximum Gasteiger partial charge on any atom is 0.306 e. The third-order valence-electron chi connectivity index (χ3n) is 7.11. The molecule has 0 radical (unpaired) electrons. The molecule has 3 N–H and O–H groups in total. The zero-order valence-corrected chi connectivity index (χ0v) is 21.0. The van der Waals surface area contributed by atoms with Gasteiger partial charge in [0, 0.05) is 24.2 Å². The number of carbonyl (C=O) groups excluding carboxylic acids is 2. The van der Waals surface area contributed by atoms with Gasteiger partial charge in [-0.15, -0.1) is 0 Å². The van der Waals surface area contributed by atoms with Crippen LogP contribution in [0, 0.1) is 5.92 Å². The van der Waals surface area contributed by atoms with E-state index in [4.69, 9.17) is 9.84 Å². The minimum Gasteiger partial charge on any atom is -0.490 e. The van der Waals surface area contributed by atoms with Gasteiger partial charge in [0.05, 0.1) is 12.0 Å². The fraction of sp³-hybridized carbons (Fsp3) is 0.258. The quantitative estimate of drug-likeness (QED) is 0.284. The molecule has 38 heavy (non-hydrogen) atoms. The first-order valence-corrected chi connectivity index (χ1v) is 12.9. The molecule has 7 heteroatoms. The number of carboxylic acids is 1. The Morgan fingerprint density at radius 2 is 1.21 bits per heavy atom. The van der Waals surface area contributed by atoms with Crippen LogP contribution < -0.4 is 15.4 Å². The summed E-state index contributed by atoms with van der Waals surface area (Å²) in [6.07, 6.45) is 2.77. The van der Waals surface area contributed by atoms with Crippen LogP contribution >= 0.6 is 0 Å². The van der Waals surface area contributed by atoms with Crippen molar-refractivity contribution in [1.29, 1.82) is 0 Å². The number of aliphatic carboxylic acids is 1. The average Bonchev–Trinajstić information content (AvgIpc) is 2.94. The van der Waals surface area contributed by atoms with Crippen LogP contribution in [-0.4, -0.2) is 42.1 Å². The van der Waals surface area contributed by atoms with Gasteiger partial charge in [0.15, 0.2) is 0 Å². The minimum absolute atomic E-state index is 0.0230. The highest BCUT2D eigenvalue weighted by Crippen LogP contribution is 2.29. The topological polar surface area (TPSA) is 105 Å². The molecular weight excluding hydrogens is 480 g/mol. The number of fused-ring (bicyclic) bond motifs is 2. The van der Waals surface area contributed by atoms with Crippen molar-refractivity contribution in [2.45, 2.75) is 31.8 Å². The SMILES string of the molecule is O=C(NCCNC(=O)c1ccc2cc(OC3CCC(C(=O)O)CC3)ccc2c1)c1ccc2ccccc2c1. The molecule has 0 spiro atoms. The number of carboxylic acid groups (broad SMARTS) is 1. The first-order chi connectivity index (χ1) is 18.5. The lowest BCUT2D eigenvalue weighted by molar-refractivity contribution is -0.143. The Kier molecular flexibility index (Phi) is 7.54. The van der Waals surface area contributed by atoms with Crippen LogP contribution in [0.25, 0.3) is 21.5 Å². The molecule has 1 saturated carbocycles. The van der Waals surface area contributed by atoms with Crippen molar-refractivity contribution in [1.82, 2.24) is 10.6 Å². The summed E-state index contributed by atoms with van der Waals surface area (Å²) in [5.41, 5.74) is 1.12. The van der Waals surface area contributed by atoms with E-state index in [1.165, 1.54) is 0 Å². The number of carbonyl (C=O) groups is 3. The number of hydrogen-bond acceptors (Lipinski definition) is 4. The Bertz CT molecular complexity index is 1490. The molecule has 0 aliphatic heterocycles. The van der Waals surface area contributed by atoms with Crippen LogP contribution in [0.2, 0.25) is 0 Å². The summed E-state index contributed by atoms with van der Waals surface area (Å²) in [7, 11) is 0. The van der Waals surface area contributed by atoms with Gasteiger partial charge in [-0.25, -0.2) is 0 Å². The second-order valence-corrected chi connectivity index (χ2v) is 9.73. The number of ether oxygens (including phenoxy) is 1. The van der Waals surface area contributed by atoms with E-state index in [1.807, 2.05) is 66.7 Å². The maximum absolute atomic E-state index is 12.7. The van der Waals surface area contributed by atoms with Gasteiger partial charge in [-0.2, -0.15) is 0 Å². The van der Waals surface area contributed by atoms with Crippen molar-refractivity contribution in [3.63, 3.8) is 0 Å². The number of rotatable bonds is 8. The summed E-state index contributed by atoms with van der Waals surface area (Å²) < 4.78 is 6.10. The first kappa shape index (κ1) is 25.3. The molecule has 1 fully saturated rings. The number of hydrogen-bond donors (Lipinski definition) is 3. The van der Waals surface area contributed by atoms with Gasteiger partial charge in [-0.05, 0) is 83.6 Å². The molecule has 0 bridgehead atoms. The Morgan fingerprint density at radius 1 is 0.684 bits per heavy atom. The normalized spacial score (nSPS) is 17.2. The second kappa shape index (κ2) is 11.3. The van der Waals surface area contributed by atoms with Crippen molar-refractivity contribution in [3.05, 3.63) is 90.0 Å². The van der Waals surface area contributed by atoms with Crippen molar-refractivity contribution >= 4 is 39.3 Å². The van der Waals surface area contributed by atoms with E-state index in [-0.39, 0.29) is 23.8 Å². The van der Waals surface area contributed by atoms with E-state index in [0.29, 0.717) is 37.1 Å². The molecule has 4 aromatic carbocycles. The van der Waals surface area contributed by atoms with Gasteiger partial charge in [-0.1, -0.05) is 42.5 Å². The molecule has 0 unspecified atom stereocenters. The summed E-state index contributed by atoms with van der Waals surface area (Å²) in [6, 6.07) is 24.7. The molecule has 4 aromatic rings. The van der Waals surface area contributed by atoms with Gasteiger partial charge in [0.2, 0.25) is 0 Å². The molecule has 194 valence electrons. The van der Waals surface area contributed by atoms with Crippen LogP contribution in [0.5, 0.6) is 5.75 Å². The lowest BCUT2D eigenvalue weighted by Crippen LogP contribution is -2.34. The third-order valence-corrected chi connectivity index (χ3v) is 7.11. The third kappa shape index (κ3) is 5.94. The van der Waals surface area contributed by atoms with Crippen LogP contribution in [0.4, 0.5) is 0 Å². The summed E-state index contributed by atoms with van der Waals surface area (Å²) >= 11 is 0. The van der Waals surface area contributed by atoms with Gasteiger partial charge in [-0.3, -0.25) is 14.4 Å². The van der Waals surface area contributed by atoms with Gasteiger partial charge >= 0.3 is 5.97 Å². The highest BCUT2D eigenvalue weighted by molar-refractivity contribution is 5.99. The molecule has 0 heterocycles. The number of nitrogens with one attached hydrogen (secondary N) is 2. The van der Waals surface area contributed by atoms with Crippen LogP contribution in [0.15, 0.2) is 78.9 Å². The van der Waals surface area contributed by atoms with E-state index in [1.54, 1.807) is 12.1 Å². The summed E-state index contributed by atoms with van der Waals surface area (Å²) in [5.74, 6) is -0.627. The fourth-order valence-electron chi connectivity index (χ4n) is 4.95. The molecule has 7 nitrogen and oxygen atoms in total. The van der Waals surface area contributed by atoms with Crippen LogP contribution in [0.3, 0.4) is 0 Å². The molecule has 0 saturated heterocycles. The predicted octanol–water partition coefficient (Wildman–Crippen LogP) is 5.18. The van der Waals surface area contributed by atoms with Crippen LogP contribution in [-0.2, 0) is 4.79 Å². The second-order valence-electron chi connectivity index (χ2n) is 9.73. The zero-order chi connectivity index (χ0) is 26.5. The Balaban J connectivity index is 1.11. The first-order valence-electron chi connectivity index (χ1n) is 12.9. The molecule has 5 rings (SSSR count). The Hall–Kier alpha value is -4.39. The molecular formula is C31H30N2O5. The molecule has 1 aliphatic carbocycles. The highest BCUT2D eigenvalue weighted by atomic mass is 16.5. The van der Waals surface area contributed by atoms with Crippen LogP contribution in [0.1, 0.15) is 46.4 Å². The van der Waals surface area contributed by atoms with E-state index >= 15 is 0 Å². The zero-order valence-electron chi connectivity index (χ0n) is 21.0. The highest BCUT2D eigenvalue weighted by Gasteiger charge is 2.26. The summed E-state index contributed by atoms with van der Waals surface area (Å²) in [4.78, 5) is 36.3. The van der Waals surface area contributed by atoms with E-state index in [0.717, 1.165) is 40.1 Å². The van der Waals surface area contributed by atoms with Gasteiger partial charge in [0.25, 0.3) is 11.8 Å². The lowest BCUT2D eigenvalue weighted by Gasteiger charge is -2.26. The van der Waals surface area contributed by atoms with Crippen molar-refractivity contribution in [2.24, 2.45) is 5.92 Å². The van der Waals surface area contributed by atoms with E-state index in [9.17, 15) is 14.4 Å². The standard InChI is InChI=1S/C31H30N2O5/c34-29(25-7-5-20-3-1-2-4-22(20)17-25)32-15-16-33-30(35)26-8-6-24-19-28(14-11-23(24)18-26)38-27-12-9-21(10-13-27)31(36)37/h1-8,11,14,17-19,21,27H,9-10,12-13,15-16H2,(H,32,34)(H,33,35)(H,36,37). The maximum atomic E-state index is 12.7. The van der Waals surface area contributed by atoms with Crippen molar-refractivity contribution in [3.8, 4) is 5.75 Å². The van der Waals surface area contributed by atoms with E-state index in [2.05, 4.69) is 10.6 Å². The van der Waals surface area contributed by atoms with E-state index < -0.39 is 5.97 Å². The number of benzene rings is 4.